The van der Waals surface area contributed by atoms with E-state index in [0.717, 1.165) is 17.7 Å². The molecule has 0 aliphatic rings. The highest BCUT2D eigenvalue weighted by Crippen LogP contribution is 2.15. The molecule has 120 valence electrons. The highest BCUT2D eigenvalue weighted by atomic mass is 19.1. The van der Waals surface area contributed by atoms with Gasteiger partial charge >= 0.3 is 0 Å². The monoisotopic (exact) mass is 313 g/mol. The van der Waals surface area contributed by atoms with Crippen molar-refractivity contribution in [3.63, 3.8) is 0 Å². The maximum absolute atomic E-state index is 13.4. The molecule has 2 aromatic carbocycles. The fourth-order valence-electron chi connectivity index (χ4n) is 1.92. The quantitative estimate of drug-likeness (QED) is 0.793. The topological polar surface area (TPSA) is 38.3 Å². The molecule has 0 atom stereocenters. The molecular weight excluding hydrogens is 293 g/mol. The summed E-state index contributed by atoms with van der Waals surface area (Å²) in [4.78, 5) is 11.8. The number of nitrogens with one attached hydrogen (secondary N) is 1. The van der Waals surface area contributed by atoms with Crippen LogP contribution in [0.3, 0.4) is 0 Å². The van der Waals surface area contributed by atoms with Crippen molar-refractivity contribution in [1.82, 2.24) is 0 Å². The predicted molar refractivity (Wildman–Crippen MR) is 91.0 cm³/mol. The van der Waals surface area contributed by atoms with Crippen LogP contribution in [-0.2, 0) is 4.79 Å². The molecule has 0 aliphatic heterocycles. The van der Waals surface area contributed by atoms with Gasteiger partial charge in [0.05, 0.1) is 6.61 Å². The number of aryl methyl sites for hydroxylation is 1. The SMILES string of the molecule is CCCOc1ccc(/C=C\C(=O)Nc2ccc(C)c(F)c2)cc1. The van der Waals surface area contributed by atoms with Gasteiger partial charge in [0.2, 0.25) is 5.91 Å². The number of anilines is 1. The van der Waals surface area contributed by atoms with Gasteiger partial charge in [-0.15, -0.1) is 0 Å². The van der Waals surface area contributed by atoms with Crippen molar-refractivity contribution < 1.29 is 13.9 Å². The number of carbonyl (C=O) groups is 1. The van der Waals surface area contributed by atoms with Gasteiger partial charge in [-0.05, 0) is 54.8 Å². The van der Waals surface area contributed by atoms with Crippen LogP contribution in [0.5, 0.6) is 5.75 Å². The van der Waals surface area contributed by atoms with Crippen molar-refractivity contribution in [1.29, 1.82) is 0 Å². The third kappa shape index (κ3) is 5.25. The maximum Gasteiger partial charge on any atom is 0.248 e. The van der Waals surface area contributed by atoms with Crippen LogP contribution in [0.4, 0.5) is 10.1 Å². The molecule has 0 radical (unpaired) electrons. The lowest BCUT2D eigenvalue weighted by atomic mass is 10.2. The van der Waals surface area contributed by atoms with Gasteiger partial charge in [-0.3, -0.25) is 4.79 Å². The number of amides is 1. The first kappa shape index (κ1) is 16.7. The smallest absolute Gasteiger partial charge is 0.248 e. The Morgan fingerprint density at radius 2 is 1.96 bits per heavy atom. The van der Waals surface area contributed by atoms with E-state index in [0.29, 0.717) is 17.9 Å². The van der Waals surface area contributed by atoms with Crippen LogP contribution in [0.1, 0.15) is 24.5 Å². The number of hydrogen-bond donors (Lipinski definition) is 1. The van der Waals surface area contributed by atoms with Crippen LogP contribution in [0.2, 0.25) is 0 Å². The van der Waals surface area contributed by atoms with Crippen molar-refractivity contribution in [2.75, 3.05) is 11.9 Å². The first-order valence-electron chi connectivity index (χ1n) is 7.56. The van der Waals surface area contributed by atoms with Gasteiger partial charge in [0.15, 0.2) is 0 Å². The molecule has 0 spiro atoms. The Bertz CT molecular complexity index is 693. The molecule has 0 bridgehead atoms. The van der Waals surface area contributed by atoms with Crippen molar-refractivity contribution in [2.45, 2.75) is 20.3 Å². The van der Waals surface area contributed by atoms with Gasteiger partial charge in [-0.2, -0.15) is 0 Å². The number of carbonyl (C=O) groups excluding carboxylic acids is 1. The Balaban J connectivity index is 1.93. The molecule has 0 aromatic heterocycles. The Morgan fingerprint density at radius 1 is 1.22 bits per heavy atom. The van der Waals surface area contributed by atoms with Gasteiger partial charge in [-0.1, -0.05) is 25.1 Å². The summed E-state index contributed by atoms with van der Waals surface area (Å²) in [7, 11) is 0. The molecule has 1 N–H and O–H groups in total. The van der Waals surface area contributed by atoms with Gasteiger partial charge in [0.1, 0.15) is 11.6 Å². The molecule has 0 heterocycles. The first-order valence-corrected chi connectivity index (χ1v) is 7.56. The van der Waals surface area contributed by atoms with E-state index in [1.54, 1.807) is 25.1 Å². The number of benzene rings is 2. The van der Waals surface area contributed by atoms with E-state index in [1.165, 1.54) is 12.1 Å². The Kier molecular flexibility index (Phi) is 5.92. The molecule has 4 heteroatoms. The Morgan fingerprint density at radius 3 is 2.61 bits per heavy atom. The van der Waals surface area contributed by atoms with Crippen LogP contribution >= 0.6 is 0 Å². The molecular formula is C19H20FNO2. The fourth-order valence-corrected chi connectivity index (χ4v) is 1.92. The van der Waals surface area contributed by atoms with E-state index in [9.17, 15) is 9.18 Å². The van der Waals surface area contributed by atoms with Gasteiger partial charge < -0.3 is 10.1 Å². The summed E-state index contributed by atoms with van der Waals surface area (Å²) in [6.45, 7) is 4.41. The predicted octanol–water partition coefficient (Wildman–Crippen LogP) is 4.57. The van der Waals surface area contributed by atoms with E-state index < -0.39 is 0 Å². The average Bonchev–Trinajstić information content (AvgIpc) is 2.55. The lowest BCUT2D eigenvalue weighted by Gasteiger charge is -2.05. The van der Waals surface area contributed by atoms with Gasteiger partial charge in [-0.25, -0.2) is 4.39 Å². The third-order valence-corrected chi connectivity index (χ3v) is 3.22. The van der Waals surface area contributed by atoms with Crippen LogP contribution in [-0.4, -0.2) is 12.5 Å². The Hall–Kier alpha value is -2.62. The summed E-state index contributed by atoms with van der Waals surface area (Å²) in [5.74, 6) is 0.164. The molecule has 0 unspecified atom stereocenters. The van der Waals surface area contributed by atoms with Crippen LogP contribution in [0.25, 0.3) is 6.08 Å². The minimum atomic E-state index is -0.338. The van der Waals surface area contributed by atoms with Crippen LogP contribution in [0.15, 0.2) is 48.5 Å². The van der Waals surface area contributed by atoms with E-state index in [4.69, 9.17) is 4.74 Å². The van der Waals surface area contributed by atoms with E-state index in [-0.39, 0.29) is 11.7 Å². The zero-order valence-corrected chi connectivity index (χ0v) is 13.3. The summed E-state index contributed by atoms with van der Waals surface area (Å²) >= 11 is 0. The first-order chi connectivity index (χ1) is 11.1. The molecule has 23 heavy (non-hydrogen) atoms. The van der Waals surface area contributed by atoms with Crippen LogP contribution in [0, 0.1) is 12.7 Å². The molecule has 0 saturated heterocycles. The second-order valence-corrected chi connectivity index (χ2v) is 5.20. The minimum absolute atomic E-state index is 0.306. The van der Waals surface area contributed by atoms with Crippen LogP contribution < -0.4 is 10.1 Å². The number of hydrogen-bond acceptors (Lipinski definition) is 2. The molecule has 2 aromatic rings. The standard InChI is InChI=1S/C19H20FNO2/c1-3-12-23-17-9-5-15(6-10-17)7-11-19(22)21-16-8-4-14(2)18(20)13-16/h4-11,13H,3,12H2,1-2H3,(H,21,22)/b11-7-. The fraction of sp³-hybridized carbons (Fsp3) is 0.211. The lowest BCUT2D eigenvalue weighted by molar-refractivity contribution is -0.111. The van der Waals surface area contributed by atoms with E-state index in [2.05, 4.69) is 12.2 Å². The second kappa shape index (κ2) is 8.13. The highest BCUT2D eigenvalue weighted by molar-refractivity contribution is 6.01. The molecule has 0 saturated carbocycles. The minimum Gasteiger partial charge on any atom is -0.494 e. The van der Waals surface area contributed by atoms with E-state index in [1.807, 2.05) is 24.3 Å². The number of halogens is 1. The number of rotatable bonds is 6. The molecule has 2 rings (SSSR count). The van der Waals surface area contributed by atoms with E-state index >= 15 is 0 Å². The summed E-state index contributed by atoms with van der Waals surface area (Å²) in [5, 5.41) is 2.63. The van der Waals surface area contributed by atoms with Crippen molar-refractivity contribution in [3.05, 3.63) is 65.5 Å². The van der Waals surface area contributed by atoms with Gasteiger partial charge in [0.25, 0.3) is 0 Å². The zero-order valence-electron chi connectivity index (χ0n) is 13.3. The summed E-state index contributed by atoms with van der Waals surface area (Å²) in [6, 6.07) is 12.1. The number of ether oxygens (including phenoxy) is 1. The van der Waals surface area contributed by atoms with Gasteiger partial charge in [0, 0.05) is 11.8 Å². The summed E-state index contributed by atoms with van der Waals surface area (Å²) in [5.41, 5.74) is 1.87. The second-order valence-electron chi connectivity index (χ2n) is 5.20. The summed E-state index contributed by atoms with van der Waals surface area (Å²) < 4.78 is 18.9. The van der Waals surface area contributed by atoms with Crippen molar-refractivity contribution >= 4 is 17.7 Å². The van der Waals surface area contributed by atoms with Crippen molar-refractivity contribution in [2.24, 2.45) is 0 Å². The molecule has 0 fully saturated rings. The normalized spacial score (nSPS) is 10.7. The zero-order chi connectivity index (χ0) is 16.7. The molecule has 3 nitrogen and oxygen atoms in total. The molecule has 0 aliphatic carbocycles. The third-order valence-electron chi connectivity index (χ3n) is 3.22. The highest BCUT2D eigenvalue weighted by Gasteiger charge is 2.02. The average molecular weight is 313 g/mol. The lowest BCUT2D eigenvalue weighted by Crippen LogP contribution is -2.08. The van der Waals surface area contributed by atoms with Crippen molar-refractivity contribution in [3.8, 4) is 5.75 Å². The molecule has 1 amide bonds. The Labute approximate surface area is 135 Å². The summed E-state index contributed by atoms with van der Waals surface area (Å²) in [6.07, 6.45) is 4.07. The largest absolute Gasteiger partial charge is 0.494 e. The maximum atomic E-state index is 13.4.